The van der Waals surface area contributed by atoms with Crippen LogP contribution in [-0.4, -0.2) is 46.7 Å². The predicted octanol–water partition coefficient (Wildman–Crippen LogP) is 2.61. The Labute approximate surface area is 155 Å². The molecule has 0 unspecified atom stereocenters. The molecule has 1 aromatic carbocycles. The summed E-state index contributed by atoms with van der Waals surface area (Å²) in [5, 5.41) is 30.5. The molecule has 27 heavy (non-hydrogen) atoms. The molecule has 0 spiro atoms. The highest BCUT2D eigenvalue weighted by Crippen LogP contribution is 2.38. The summed E-state index contributed by atoms with van der Waals surface area (Å²) in [6.07, 6.45) is -0.102. The van der Waals surface area contributed by atoms with Crippen molar-refractivity contribution in [2.75, 3.05) is 19.7 Å². The van der Waals surface area contributed by atoms with Crippen molar-refractivity contribution in [1.82, 2.24) is 4.90 Å². The summed E-state index contributed by atoms with van der Waals surface area (Å²) >= 11 is 0. The van der Waals surface area contributed by atoms with Crippen LogP contribution in [0.2, 0.25) is 0 Å². The number of phenolic OH excluding ortho intramolecular Hbond substituents is 1. The van der Waals surface area contributed by atoms with Crippen LogP contribution in [0.4, 0.5) is 10.5 Å². The molecule has 0 aromatic heterocycles. The molecule has 10 heteroatoms. The first-order valence-electron chi connectivity index (χ1n) is 8.05. The maximum atomic E-state index is 12.3. The topological polar surface area (TPSA) is 143 Å². The Bertz CT molecular complexity index is 807. The Kier molecular flexibility index (Phi) is 7.75. The van der Waals surface area contributed by atoms with Crippen molar-refractivity contribution in [3.63, 3.8) is 0 Å². The van der Waals surface area contributed by atoms with Crippen LogP contribution in [0.15, 0.2) is 17.7 Å². The molecule has 1 amide bonds. The third-order valence-electron chi connectivity index (χ3n) is 3.43. The Balaban J connectivity index is 3.38. The maximum absolute atomic E-state index is 12.3. The van der Waals surface area contributed by atoms with Crippen LogP contribution in [0.3, 0.4) is 0 Å². The lowest BCUT2D eigenvalue weighted by atomic mass is 10.1. The number of aromatic hydroxyl groups is 1. The molecule has 0 aliphatic rings. The number of carbonyl (C=O) groups is 2. The third-order valence-corrected chi connectivity index (χ3v) is 3.43. The van der Waals surface area contributed by atoms with E-state index in [-0.39, 0.29) is 17.7 Å². The number of nitrogens with zero attached hydrogens (tertiary/aromatic N) is 3. The number of rotatable bonds is 7. The van der Waals surface area contributed by atoms with Crippen molar-refractivity contribution in [3.8, 4) is 17.6 Å². The van der Waals surface area contributed by atoms with Gasteiger partial charge < -0.3 is 19.5 Å². The van der Waals surface area contributed by atoms with Gasteiger partial charge in [0, 0.05) is 19.2 Å². The number of amides is 1. The highest BCUT2D eigenvalue weighted by Gasteiger charge is 2.25. The van der Waals surface area contributed by atoms with Crippen molar-refractivity contribution in [1.29, 1.82) is 5.26 Å². The van der Waals surface area contributed by atoms with Crippen molar-refractivity contribution in [2.24, 2.45) is 0 Å². The minimum absolute atomic E-state index is 0.0206. The second-order valence-corrected chi connectivity index (χ2v) is 5.08. The maximum Gasteiger partial charge on any atom is 0.514 e. The number of nitro benzene ring substituents is 1. The van der Waals surface area contributed by atoms with Gasteiger partial charge in [-0.05, 0) is 38.5 Å². The summed E-state index contributed by atoms with van der Waals surface area (Å²) in [5.74, 6) is -1.95. The number of hydrogen-bond acceptors (Lipinski definition) is 8. The van der Waals surface area contributed by atoms with Crippen molar-refractivity contribution < 1.29 is 29.1 Å². The van der Waals surface area contributed by atoms with Gasteiger partial charge in [0.25, 0.3) is 11.7 Å². The first-order valence-corrected chi connectivity index (χ1v) is 8.05. The number of ether oxygens (including phenoxy) is 2. The van der Waals surface area contributed by atoms with E-state index in [0.717, 1.165) is 18.2 Å². The molecule has 0 fully saturated rings. The summed E-state index contributed by atoms with van der Waals surface area (Å²) in [5.41, 5.74) is -0.958. The van der Waals surface area contributed by atoms with E-state index in [4.69, 9.17) is 0 Å². The van der Waals surface area contributed by atoms with Gasteiger partial charge in [0.15, 0.2) is 5.75 Å². The van der Waals surface area contributed by atoms with Crippen molar-refractivity contribution >= 4 is 23.8 Å². The van der Waals surface area contributed by atoms with Crippen molar-refractivity contribution in [2.45, 2.75) is 20.8 Å². The van der Waals surface area contributed by atoms with Gasteiger partial charge >= 0.3 is 11.8 Å². The SMILES string of the molecule is CCOC(=O)Oc1c(O)cc(/C=C(\C#N)C(=O)N(CC)CC)cc1[N+](=O)[O-]. The molecule has 1 N–H and O–H groups in total. The molecule has 0 aliphatic heterocycles. The van der Waals surface area contributed by atoms with E-state index in [1.165, 1.54) is 11.8 Å². The molecular formula is C17H19N3O7. The largest absolute Gasteiger partial charge is 0.514 e. The number of likely N-dealkylation sites (N-methyl/N-ethyl adjacent to an activating group) is 1. The first kappa shape index (κ1) is 21.4. The lowest BCUT2D eigenvalue weighted by Gasteiger charge is -2.17. The Morgan fingerprint density at radius 1 is 1.33 bits per heavy atom. The van der Waals surface area contributed by atoms with E-state index in [9.17, 15) is 30.1 Å². The van der Waals surface area contributed by atoms with Gasteiger partial charge in [-0.15, -0.1) is 0 Å². The lowest BCUT2D eigenvalue weighted by Crippen LogP contribution is -2.31. The van der Waals surface area contributed by atoms with Crippen molar-refractivity contribution in [3.05, 3.63) is 33.4 Å². The average Bonchev–Trinajstić information content (AvgIpc) is 2.62. The number of phenols is 1. The van der Waals surface area contributed by atoms with Crippen LogP contribution in [-0.2, 0) is 9.53 Å². The standard InChI is InChI=1S/C17H19N3O7/c1-4-19(5-2)16(22)12(10-18)7-11-8-13(20(24)25)15(14(21)9-11)27-17(23)26-6-3/h7-9,21H,4-6H2,1-3H3/b12-7+. The van der Waals surface area contributed by atoms with Crippen LogP contribution in [0, 0.1) is 21.4 Å². The van der Waals surface area contributed by atoms with E-state index >= 15 is 0 Å². The molecule has 1 rings (SSSR count). The molecule has 0 saturated heterocycles. The fraction of sp³-hybridized carbons (Fsp3) is 0.353. The number of nitro groups is 1. The molecule has 0 atom stereocenters. The van der Waals surface area contributed by atoms with Crippen LogP contribution in [0.1, 0.15) is 26.3 Å². The molecule has 0 radical (unpaired) electrons. The fourth-order valence-electron chi connectivity index (χ4n) is 2.16. The quantitative estimate of drug-likeness (QED) is 0.191. The molecule has 10 nitrogen and oxygen atoms in total. The minimum atomic E-state index is -1.21. The summed E-state index contributed by atoms with van der Waals surface area (Å²) in [4.78, 5) is 35.5. The zero-order valence-corrected chi connectivity index (χ0v) is 15.1. The van der Waals surface area contributed by atoms with Gasteiger partial charge in [0.1, 0.15) is 11.6 Å². The Hall–Kier alpha value is -3.61. The van der Waals surface area contributed by atoms with Crippen LogP contribution >= 0.6 is 0 Å². The predicted molar refractivity (Wildman–Crippen MR) is 93.9 cm³/mol. The minimum Gasteiger partial charge on any atom is -0.504 e. The Morgan fingerprint density at radius 2 is 1.96 bits per heavy atom. The molecule has 144 valence electrons. The van der Waals surface area contributed by atoms with Gasteiger partial charge in [-0.25, -0.2) is 4.79 Å². The lowest BCUT2D eigenvalue weighted by molar-refractivity contribution is -0.385. The van der Waals surface area contributed by atoms with E-state index in [2.05, 4.69) is 9.47 Å². The number of benzene rings is 1. The molecule has 1 aromatic rings. The monoisotopic (exact) mass is 377 g/mol. The second kappa shape index (κ2) is 9.76. The van der Waals surface area contributed by atoms with E-state index in [1.807, 2.05) is 0 Å². The number of nitriles is 1. The van der Waals surface area contributed by atoms with Crippen LogP contribution in [0.25, 0.3) is 6.08 Å². The van der Waals surface area contributed by atoms with E-state index < -0.39 is 34.2 Å². The smallest absolute Gasteiger partial charge is 0.504 e. The third kappa shape index (κ3) is 5.43. The van der Waals surface area contributed by atoms with Gasteiger partial charge in [-0.1, -0.05) is 0 Å². The molecular weight excluding hydrogens is 358 g/mol. The fourth-order valence-corrected chi connectivity index (χ4v) is 2.16. The zero-order chi connectivity index (χ0) is 20.6. The molecule has 0 saturated carbocycles. The summed E-state index contributed by atoms with van der Waals surface area (Å²) < 4.78 is 9.20. The average molecular weight is 377 g/mol. The van der Waals surface area contributed by atoms with Crippen LogP contribution in [0.5, 0.6) is 11.5 Å². The normalized spacial score (nSPS) is 10.7. The second-order valence-electron chi connectivity index (χ2n) is 5.08. The van der Waals surface area contributed by atoms with Gasteiger partial charge in [-0.3, -0.25) is 14.9 Å². The highest BCUT2D eigenvalue weighted by molar-refractivity contribution is 6.01. The first-order chi connectivity index (χ1) is 12.8. The highest BCUT2D eigenvalue weighted by atomic mass is 16.7. The van der Waals surface area contributed by atoms with Gasteiger partial charge in [0.05, 0.1) is 11.5 Å². The van der Waals surface area contributed by atoms with Gasteiger partial charge in [0.2, 0.25) is 0 Å². The summed E-state index contributed by atoms with van der Waals surface area (Å²) in [6.45, 7) is 5.74. The number of hydrogen-bond donors (Lipinski definition) is 1. The van der Waals surface area contributed by atoms with E-state index in [0.29, 0.717) is 13.1 Å². The zero-order valence-electron chi connectivity index (χ0n) is 15.1. The molecule has 0 heterocycles. The number of carbonyl (C=O) groups excluding carboxylic acids is 2. The summed E-state index contributed by atoms with van der Waals surface area (Å²) in [6, 6.07) is 3.75. The Morgan fingerprint density at radius 3 is 2.44 bits per heavy atom. The molecule has 0 bridgehead atoms. The summed E-state index contributed by atoms with van der Waals surface area (Å²) in [7, 11) is 0. The van der Waals surface area contributed by atoms with E-state index in [1.54, 1.807) is 19.9 Å². The molecule has 0 aliphatic carbocycles. The van der Waals surface area contributed by atoms with Gasteiger partial charge in [-0.2, -0.15) is 5.26 Å². The van der Waals surface area contributed by atoms with Crippen LogP contribution < -0.4 is 4.74 Å².